The van der Waals surface area contributed by atoms with Crippen LogP contribution in [0.15, 0.2) is 14.1 Å². The number of aromatic nitrogens is 2. The second-order valence-electron chi connectivity index (χ2n) is 2.92. The zero-order valence-electron chi connectivity index (χ0n) is 7.95. The monoisotopic (exact) mass is 262 g/mol. The maximum atomic E-state index is 11.5. The van der Waals surface area contributed by atoms with Crippen LogP contribution in [0, 0.1) is 6.92 Å². The molecule has 78 valence electrons. The van der Waals surface area contributed by atoms with Gasteiger partial charge in [-0.3, -0.25) is 13.9 Å². The molecule has 0 aliphatic heterocycles. The highest BCUT2D eigenvalue weighted by atomic mass is 79.9. The van der Waals surface area contributed by atoms with Crippen LogP contribution in [0.3, 0.4) is 0 Å². The molecular weight excluding hydrogens is 252 g/mol. The van der Waals surface area contributed by atoms with Crippen LogP contribution in [-0.2, 0) is 13.6 Å². The van der Waals surface area contributed by atoms with E-state index in [0.717, 1.165) is 4.57 Å². The quantitative estimate of drug-likeness (QED) is 0.790. The van der Waals surface area contributed by atoms with Crippen LogP contribution < -0.4 is 11.2 Å². The minimum absolute atomic E-state index is 0.134. The van der Waals surface area contributed by atoms with E-state index in [4.69, 9.17) is 5.11 Å². The Labute approximate surface area is 88.7 Å². The van der Waals surface area contributed by atoms with Crippen LogP contribution in [0.2, 0.25) is 0 Å². The molecule has 0 unspecified atom stereocenters. The highest BCUT2D eigenvalue weighted by Crippen LogP contribution is 2.07. The highest BCUT2D eigenvalue weighted by molar-refractivity contribution is 9.10. The second kappa shape index (κ2) is 4.10. The van der Waals surface area contributed by atoms with E-state index in [0.29, 0.717) is 10.2 Å². The van der Waals surface area contributed by atoms with Crippen molar-refractivity contribution in [1.29, 1.82) is 0 Å². The molecule has 1 heterocycles. The zero-order chi connectivity index (χ0) is 10.9. The third-order valence-electron chi connectivity index (χ3n) is 2.06. The maximum Gasteiger partial charge on any atom is 0.331 e. The Morgan fingerprint density at radius 2 is 2.00 bits per heavy atom. The van der Waals surface area contributed by atoms with Gasteiger partial charge in [-0.05, 0) is 22.9 Å². The average Bonchev–Trinajstić information content (AvgIpc) is 2.19. The lowest BCUT2D eigenvalue weighted by Gasteiger charge is -2.10. The van der Waals surface area contributed by atoms with Gasteiger partial charge < -0.3 is 5.11 Å². The van der Waals surface area contributed by atoms with Gasteiger partial charge >= 0.3 is 5.69 Å². The van der Waals surface area contributed by atoms with Crippen LogP contribution >= 0.6 is 15.9 Å². The number of aliphatic hydroxyl groups is 1. The van der Waals surface area contributed by atoms with E-state index in [1.165, 1.54) is 11.6 Å². The molecular formula is C8H11BrN2O3. The second-order valence-corrected chi connectivity index (χ2v) is 3.71. The molecule has 1 aromatic rings. The fourth-order valence-electron chi connectivity index (χ4n) is 1.20. The van der Waals surface area contributed by atoms with E-state index in [9.17, 15) is 9.59 Å². The number of aliphatic hydroxyl groups excluding tert-OH is 1. The molecule has 6 heteroatoms. The number of hydrogen-bond acceptors (Lipinski definition) is 3. The standard InChI is InChI=1S/C8H11BrN2O3/c1-5-6(9)7(13)10(2)8(14)11(5)3-4-12/h12H,3-4H2,1-2H3. The molecule has 0 aromatic carbocycles. The van der Waals surface area contributed by atoms with Gasteiger partial charge in [-0.2, -0.15) is 0 Å². The molecule has 0 atom stereocenters. The van der Waals surface area contributed by atoms with E-state index >= 15 is 0 Å². The third kappa shape index (κ3) is 1.67. The van der Waals surface area contributed by atoms with Crippen LogP contribution in [0.25, 0.3) is 0 Å². The van der Waals surface area contributed by atoms with Gasteiger partial charge in [0.15, 0.2) is 0 Å². The minimum atomic E-state index is -0.412. The molecule has 0 fully saturated rings. The first-order valence-corrected chi connectivity index (χ1v) is 4.86. The van der Waals surface area contributed by atoms with E-state index in [1.54, 1.807) is 6.92 Å². The largest absolute Gasteiger partial charge is 0.395 e. The molecule has 0 aliphatic rings. The van der Waals surface area contributed by atoms with Crippen LogP contribution in [-0.4, -0.2) is 20.8 Å². The molecule has 1 rings (SSSR count). The maximum absolute atomic E-state index is 11.5. The lowest BCUT2D eigenvalue weighted by atomic mass is 10.4. The van der Waals surface area contributed by atoms with Crippen molar-refractivity contribution in [2.75, 3.05) is 6.61 Å². The van der Waals surface area contributed by atoms with Gasteiger partial charge in [0.05, 0.1) is 13.2 Å². The molecule has 0 amide bonds. The Morgan fingerprint density at radius 3 is 2.50 bits per heavy atom. The van der Waals surface area contributed by atoms with Crippen LogP contribution in [0.5, 0.6) is 0 Å². The predicted molar refractivity (Wildman–Crippen MR) is 55.5 cm³/mol. The first kappa shape index (κ1) is 11.2. The molecule has 0 aliphatic carbocycles. The number of hydrogen-bond donors (Lipinski definition) is 1. The van der Waals surface area contributed by atoms with Gasteiger partial charge in [0, 0.05) is 12.7 Å². The molecule has 14 heavy (non-hydrogen) atoms. The van der Waals surface area contributed by atoms with Crippen LogP contribution in [0.1, 0.15) is 5.69 Å². The molecule has 5 nitrogen and oxygen atoms in total. The van der Waals surface area contributed by atoms with E-state index in [2.05, 4.69) is 15.9 Å². The van der Waals surface area contributed by atoms with E-state index < -0.39 is 5.69 Å². The Hall–Kier alpha value is -0.880. The molecule has 0 bridgehead atoms. The molecule has 0 saturated heterocycles. The van der Waals surface area contributed by atoms with Gasteiger partial charge in [-0.25, -0.2) is 4.79 Å². The Bertz CT molecular complexity index is 461. The summed E-state index contributed by atoms with van der Waals surface area (Å²) < 4.78 is 2.71. The van der Waals surface area contributed by atoms with Crippen molar-refractivity contribution in [1.82, 2.24) is 9.13 Å². The van der Waals surface area contributed by atoms with Gasteiger partial charge in [-0.1, -0.05) is 0 Å². The lowest BCUT2D eigenvalue weighted by molar-refractivity contribution is 0.270. The summed E-state index contributed by atoms with van der Waals surface area (Å²) in [6, 6.07) is 0. The lowest BCUT2D eigenvalue weighted by Crippen LogP contribution is -2.40. The topological polar surface area (TPSA) is 64.2 Å². The summed E-state index contributed by atoms with van der Waals surface area (Å²) in [4.78, 5) is 23.0. The van der Waals surface area contributed by atoms with Crippen molar-refractivity contribution < 1.29 is 5.11 Å². The summed E-state index contributed by atoms with van der Waals surface area (Å²) in [5.41, 5.74) is -0.237. The summed E-state index contributed by atoms with van der Waals surface area (Å²) in [5.74, 6) is 0. The third-order valence-corrected chi connectivity index (χ3v) is 2.97. The van der Waals surface area contributed by atoms with Crippen molar-refractivity contribution >= 4 is 15.9 Å². The molecule has 1 N–H and O–H groups in total. The SMILES string of the molecule is Cc1c(Br)c(=O)n(C)c(=O)n1CCO. The Morgan fingerprint density at radius 1 is 1.43 bits per heavy atom. The van der Waals surface area contributed by atoms with E-state index in [-0.39, 0.29) is 18.7 Å². The van der Waals surface area contributed by atoms with Gasteiger partial charge in [0.1, 0.15) is 4.47 Å². The molecule has 0 saturated carbocycles. The fourth-order valence-corrected chi connectivity index (χ4v) is 1.68. The summed E-state index contributed by atoms with van der Waals surface area (Å²) in [6.07, 6.45) is 0. The number of nitrogens with zero attached hydrogens (tertiary/aromatic N) is 2. The molecule has 0 spiro atoms. The fraction of sp³-hybridized carbons (Fsp3) is 0.500. The van der Waals surface area contributed by atoms with Crippen molar-refractivity contribution in [2.24, 2.45) is 7.05 Å². The van der Waals surface area contributed by atoms with Crippen molar-refractivity contribution in [2.45, 2.75) is 13.5 Å². The molecule has 0 radical (unpaired) electrons. The van der Waals surface area contributed by atoms with Crippen molar-refractivity contribution in [3.05, 3.63) is 31.0 Å². The average molecular weight is 263 g/mol. The minimum Gasteiger partial charge on any atom is -0.395 e. The zero-order valence-corrected chi connectivity index (χ0v) is 9.54. The number of rotatable bonds is 2. The first-order chi connectivity index (χ1) is 6.50. The summed E-state index contributed by atoms with van der Waals surface area (Å²) in [5, 5.41) is 8.76. The first-order valence-electron chi connectivity index (χ1n) is 4.07. The predicted octanol–water partition coefficient (Wildman–Crippen LogP) is -0.390. The normalized spacial score (nSPS) is 10.6. The Kier molecular flexibility index (Phi) is 3.28. The van der Waals surface area contributed by atoms with Crippen molar-refractivity contribution in [3.63, 3.8) is 0 Å². The summed E-state index contributed by atoms with van der Waals surface area (Å²) >= 11 is 3.11. The smallest absolute Gasteiger partial charge is 0.331 e. The highest BCUT2D eigenvalue weighted by Gasteiger charge is 2.10. The van der Waals surface area contributed by atoms with Crippen molar-refractivity contribution in [3.8, 4) is 0 Å². The summed E-state index contributed by atoms with van der Waals surface area (Å²) in [7, 11) is 1.41. The number of halogens is 1. The Balaban J connectivity index is 3.60. The summed E-state index contributed by atoms with van der Waals surface area (Å²) in [6.45, 7) is 1.71. The van der Waals surface area contributed by atoms with Gasteiger partial charge in [-0.15, -0.1) is 0 Å². The van der Waals surface area contributed by atoms with Gasteiger partial charge in [0.25, 0.3) is 5.56 Å². The van der Waals surface area contributed by atoms with Crippen LogP contribution in [0.4, 0.5) is 0 Å². The van der Waals surface area contributed by atoms with Gasteiger partial charge in [0.2, 0.25) is 0 Å². The van der Waals surface area contributed by atoms with E-state index in [1.807, 2.05) is 0 Å². The molecule has 1 aromatic heterocycles.